The lowest BCUT2D eigenvalue weighted by Crippen LogP contribution is -2.38. The third-order valence-corrected chi connectivity index (χ3v) is 4.89. The molecule has 23 heavy (non-hydrogen) atoms. The highest BCUT2D eigenvalue weighted by Gasteiger charge is 2.13. The minimum absolute atomic E-state index is 0.0722. The topological polar surface area (TPSA) is 45.5 Å². The molecule has 1 fully saturated rings. The zero-order chi connectivity index (χ0) is 16.2. The molecule has 1 aliphatic heterocycles. The Morgan fingerprint density at radius 2 is 2.00 bits per heavy atom. The van der Waals surface area contributed by atoms with Gasteiger partial charge in [0.25, 0.3) is 0 Å². The molecule has 0 atom stereocenters. The molecule has 4 nitrogen and oxygen atoms in total. The van der Waals surface area contributed by atoms with Gasteiger partial charge in [-0.2, -0.15) is 0 Å². The van der Waals surface area contributed by atoms with Crippen LogP contribution < -0.4 is 5.32 Å². The molecule has 0 saturated carbocycles. The summed E-state index contributed by atoms with van der Waals surface area (Å²) in [6.45, 7) is 8.15. The third kappa shape index (κ3) is 3.75. The summed E-state index contributed by atoms with van der Waals surface area (Å²) in [5.41, 5.74) is 4.24. The number of carbonyl (C=O) groups is 1. The van der Waals surface area contributed by atoms with Crippen molar-refractivity contribution in [1.82, 2.24) is 10.2 Å². The van der Waals surface area contributed by atoms with E-state index in [0.717, 1.165) is 35.2 Å². The van der Waals surface area contributed by atoms with Crippen LogP contribution in [0.5, 0.6) is 0 Å². The number of rotatable bonds is 5. The quantitative estimate of drug-likeness (QED) is 0.922. The largest absolute Gasteiger partial charge is 0.464 e. The lowest BCUT2D eigenvalue weighted by Gasteiger charge is -2.26. The highest BCUT2D eigenvalue weighted by Crippen LogP contribution is 2.26. The van der Waals surface area contributed by atoms with Gasteiger partial charge in [-0.1, -0.05) is 18.6 Å². The molecular formula is C19H26N2O2. The average molecular weight is 314 g/mol. The standard InChI is InChI=1S/C19H26N2O2/c1-14-6-7-17-16(13-23-19(17)15(14)2)12-18(22)20-8-11-21-9-4-3-5-10-21/h6-7,13H,3-5,8-12H2,1-2H3,(H,20,22). The van der Waals surface area contributed by atoms with Gasteiger partial charge in [0.2, 0.25) is 5.91 Å². The number of hydrogen-bond donors (Lipinski definition) is 1. The van der Waals surface area contributed by atoms with Crippen molar-refractivity contribution in [3.63, 3.8) is 0 Å². The molecule has 1 amide bonds. The molecule has 0 radical (unpaired) electrons. The van der Waals surface area contributed by atoms with Crippen LogP contribution in [0.4, 0.5) is 0 Å². The fourth-order valence-corrected chi connectivity index (χ4v) is 3.30. The molecule has 3 rings (SSSR count). The summed E-state index contributed by atoms with van der Waals surface area (Å²) in [5.74, 6) is 0.0722. The van der Waals surface area contributed by atoms with Gasteiger partial charge in [-0.05, 0) is 50.9 Å². The van der Waals surface area contributed by atoms with Crippen molar-refractivity contribution >= 4 is 16.9 Å². The van der Waals surface area contributed by atoms with E-state index in [1.807, 2.05) is 0 Å². The van der Waals surface area contributed by atoms with Crippen molar-refractivity contribution in [1.29, 1.82) is 0 Å². The van der Waals surface area contributed by atoms with E-state index in [9.17, 15) is 4.79 Å². The van der Waals surface area contributed by atoms with E-state index in [1.54, 1.807) is 6.26 Å². The van der Waals surface area contributed by atoms with Crippen LogP contribution in [-0.4, -0.2) is 37.0 Å². The molecule has 0 aliphatic carbocycles. The van der Waals surface area contributed by atoms with Crippen molar-refractivity contribution in [3.8, 4) is 0 Å². The summed E-state index contributed by atoms with van der Waals surface area (Å²) < 4.78 is 5.67. The smallest absolute Gasteiger partial charge is 0.224 e. The second-order valence-corrected chi connectivity index (χ2v) is 6.57. The number of benzene rings is 1. The van der Waals surface area contributed by atoms with Gasteiger partial charge in [0, 0.05) is 24.0 Å². The maximum Gasteiger partial charge on any atom is 0.224 e. The average Bonchev–Trinajstić information content (AvgIpc) is 2.95. The molecular weight excluding hydrogens is 288 g/mol. The number of likely N-dealkylation sites (tertiary alicyclic amines) is 1. The fraction of sp³-hybridized carbons (Fsp3) is 0.526. The van der Waals surface area contributed by atoms with E-state index in [4.69, 9.17) is 4.42 Å². The summed E-state index contributed by atoms with van der Waals surface area (Å²) in [7, 11) is 0. The number of furan rings is 1. The Morgan fingerprint density at radius 1 is 1.22 bits per heavy atom. The molecule has 4 heteroatoms. The molecule has 0 spiro atoms. The van der Waals surface area contributed by atoms with Crippen molar-refractivity contribution < 1.29 is 9.21 Å². The molecule has 0 bridgehead atoms. The molecule has 1 aromatic heterocycles. The Kier molecular flexibility index (Phi) is 5.01. The molecule has 1 saturated heterocycles. The van der Waals surface area contributed by atoms with Gasteiger partial charge in [-0.25, -0.2) is 0 Å². The number of nitrogens with zero attached hydrogens (tertiary/aromatic N) is 1. The van der Waals surface area contributed by atoms with Crippen LogP contribution in [0.15, 0.2) is 22.8 Å². The molecule has 1 aromatic carbocycles. The number of aryl methyl sites for hydroxylation is 2. The van der Waals surface area contributed by atoms with Crippen LogP contribution >= 0.6 is 0 Å². The molecule has 124 valence electrons. The van der Waals surface area contributed by atoms with E-state index in [-0.39, 0.29) is 5.91 Å². The van der Waals surface area contributed by atoms with E-state index >= 15 is 0 Å². The van der Waals surface area contributed by atoms with Crippen molar-refractivity contribution in [2.24, 2.45) is 0 Å². The lowest BCUT2D eigenvalue weighted by molar-refractivity contribution is -0.120. The van der Waals surface area contributed by atoms with Gasteiger partial charge in [-0.15, -0.1) is 0 Å². The van der Waals surface area contributed by atoms with Crippen LogP contribution in [0.1, 0.15) is 36.0 Å². The van der Waals surface area contributed by atoms with Crippen LogP contribution in [0.25, 0.3) is 11.0 Å². The molecule has 1 aliphatic rings. The first-order chi connectivity index (χ1) is 11.1. The first-order valence-electron chi connectivity index (χ1n) is 8.60. The van der Waals surface area contributed by atoms with Crippen molar-refractivity contribution in [3.05, 3.63) is 35.1 Å². The summed E-state index contributed by atoms with van der Waals surface area (Å²) in [6, 6.07) is 4.14. The number of hydrogen-bond acceptors (Lipinski definition) is 3. The number of nitrogens with one attached hydrogen (secondary N) is 1. The Morgan fingerprint density at radius 3 is 2.78 bits per heavy atom. The van der Waals surface area contributed by atoms with E-state index in [0.29, 0.717) is 6.42 Å². The molecule has 2 heterocycles. The van der Waals surface area contributed by atoms with Crippen LogP contribution in [-0.2, 0) is 11.2 Å². The minimum Gasteiger partial charge on any atom is -0.464 e. The van der Waals surface area contributed by atoms with Gasteiger partial charge >= 0.3 is 0 Å². The van der Waals surface area contributed by atoms with Gasteiger partial charge < -0.3 is 14.6 Å². The maximum absolute atomic E-state index is 12.2. The first-order valence-corrected chi connectivity index (χ1v) is 8.60. The van der Waals surface area contributed by atoms with Crippen LogP contribution in [0.2, 0.25) is 0 Å². The van der Waals surface area contributed by atoms with Gasteiger partial charge in [0.15, 0.2) is 0 Å². The highest BCUT2D eigenvalue weighted by atomic mass is 16.3. The van der Waals surface area contributed by atoms with E-state index in [2.05, 4.69) is 36.2 Å². The van der Waals surface area contributed by atoms with Gasteiger partial charge in [0.1, 0.15) is 5.58 Å². The lowest BCUT2D eigenvalue weighted by atomic mass is 10.0. The monoisotopic (exact) mass is 314 g/mol. The summed E-state index contributed by atoms with van der Waals surface area (Å²) >= 11 is 0. The highest BCUT2D eigenvalue weighted by molar-refractivity contribution is 5.89. The number of fused-ring (bicyclic) bond motifs is 1. The fourth-order valence-electron chi connectivity index (χ4n) is 3.30. The minimum atomic E-state index is 0.0722. The predicted molar refractivity (Wildman–Crippen MR) is 92.7 cm³/mol. The number of amides is 1. The number of piperidine rings is 1. The van der Waals surface area contributed by atoms with Crippen LogP contribution in [0, 0.1) is 13.8 Å². The van der Waals surface area contributed by atoms with Crippen molar-refractivity contribution in [2.45, 2.75) is 39.5 Å². The Hall–Kier alpha value is -1.81. The SMILES string of the molecule is Cc1ccc2c(CC(=O)NCCN3CCCCC3)coc2c1C. The summed E-state index contributed by atoms with van der Waals surface area (Å²) in [4.78, 5) is 14.6. The second kappa shape index (κ2) is 7.18. The Balaban J connectivity index is 1.54. The van der Waals surface area contributed by atoms with E-state index in [1.165, 1.54) is 37.9 Å². The van der Waals surface area contributed by atoms with Gasteiger partial charge in [0.05, 0.1) is 12.7 Å². The summed E-state index contributed by atoms with van der Waals surface area (Å²) in [6.07, 6.45) is 6.02. The Bertz CT molecular complexity index is 684. The molecule has 2 aromatic rings. The number of carbonyl (C=O) groups excluding carboxylic acids is 1. The zero-order valence-electron chi connectivity index (χ0n) is 14.2. The third-order valence-electron chi connectivity index (χ3n) is 4.89. The van der Waals surface area contributed by atoms with Crippen LogP contribution in [0.3, 0.4) is 0 Å². The maximum atomic E-state index is 12.2. The predicted octanol–water partition coefficient (Wildman–Crippen LogP) is 3.19. The second-order valence-electron chi connectivity index (χ2n) is 6.57. The molecule has 0 unspecified atom stereocenters. The van der Waals surface area contributed by atoms with Gasteiger partial charge in [-0.3, -0.25) is 4.79 Å². The zero-order valence-corrected chi connectivity index (χ0v) is 14.2. The first kappa shape index (κ1) is 16.1. The summed E-state index contributed by atoms with van der Waals surface area (Å²) in [5, 5.41) is 4.09. The normalized spacial score (nSPS) is 15.9. The molecule has 1 N–H and O–H groups in total. The Labute approximate surface area is 137 Å². The van der Waals surface area contributed by atoms with E-state index < -0.39 is 0 Å². The van der Waals surface area contributed by atoms with Crippen molar-refractivity contribution in [2.75, 3.05) is 26.2 Å².